The van der Waals surface area contributed by atoms with Gasteiger partial charge in [0.1, 0.15) is 5.82 Å². The maximum Gasteiger partial charge on any atom is 0.227 e. The third-order valence-electron chi connectivity index (χ3n) is 5.01. The first-order valence-electron chi connectivity index (χ1n) is 9.14. The summed E-state index contributed by atoms with van der Waals surface area (Å²) >= 11 is 0. The van der Waals surface area contributed by atoms with Crippen molar-refractivity contribution in [3.05, 3.63) is 71.5 Å². The van der Waals surface area contributed by atoms with Gasteiger partial charge in [0.25, 0.3) is 0 Å². The number of fused-ring (bicyclic) bond motifs is 1. The standard InChI is InChI=1S/C21H22N4O2/c1-15-21-22-20(18-5-3-2-4-6-18)23-25(21)12-11-24(15)19(27)13-16-7-9-17(14-26)10-8-16/h2-10,15,26H,11-14H2,1H3/t15-/m0/s1. The van der Waals surface area contributed by atoms with Crippen molar-refractivity contribution in [1.29, 1.82) is 0 Å². The van der Waals surface area contributed by atoms with Crippen LogP contribution in [0, 0.1) is 0 Å². The van der Waals surface area contributed by atoms with Crippen LogP contribution in [0.2, 0.25) is 0 Å². The number of aliphatic hydroxyl groups excluding tert-OH is 1. The van der Waals surface area contributed by atoms with Gasteiger partial charge in [-0.3, -0.25) is 4.79 Å². The Hall–Kier alpha value is -2.99. The fraction of sp³-hybridized carbons (Fsp3) is 0.286. The minimum absolute atomic E-state index is 0.0107. The predicted molar refractivity (Wildman–Crippen MR) is 102 cm³/mol. The van der Waals surface area contributed by atoms with Crippen LogP contribution in [0.15, 0.2) is 54.6 Å². The minimum Gasteiger partial charge on any atom is -0.392 e. The van der Waals surface area contributed by atoms with Gasteiger partial charge in [-0.25, -0.2) is 9.67 Å². The van der Waals surface area contributed by atoms with E-state index in [0.29, 0.717) is 25.3 Å². The van der Waals surface area contributed by atoms with Gasteiger partial charge >= 0.3 is 0 Å². The lowest BCUT2D eigenvalue weighted by atomic mass is 10.1. The molecule has 0 saturated heterocycles. The average molecular weight is 362 g/mol. The third kappa shape index (κ3) is 3.48. The zero-order valence-corrected chi connectivity index (χ0v) is 15.2. The molecule has 1 aliphatic heterocycles. The molecule has 0 fully saturated rings. The van der Waals surface area contributed by atoms with Gasteiger partial charge in [0.05, 0.1) is 25.6 Å². The van der Waals surface area contributed by atoms with Crippen LogP contribution < -0.4 is 0 Å². The van der Waals surface area contributed by atoms with Gasteiger partial charge in [-0.1, -0.05) is 54.6 Å². The number of hydrogen-bond donors (Lipinski definition) is 1. The van der Waals surface area contributed by atoms with E-state index in [2.05, 4.69) is 5.10 Å². The Labute approximate surface area is 158 Å². The van der Waals surface area contributed by atoms with Crippen molar-refractivity contribution in [3.63, 3.8) is 0 Å². The maximum absolute atomic E-state index is 12.8. The summed E-state index contributed by atoms with van der Waals surface area (Å²) in [6.45, 7) is 3.28. The van der Waals surface area contributed by atoms with E-state index in [1.807, 2.05) is 71.1 Å². The molecule has 6 nitrogen and oxygen atoms in total. The number of carbonyl (C=O) groups excluding carboxylic acids is 1. The highest BCUT2D eigenvalue weighted by atomic mass is 16.3. The first kappa shape index (κ1) is 17.4. The predicted octanol–water partition coefficient (Wildman–Crippen LogP) is 2.58. The highest BCUT2D eigenvalue weighted by Gasteiger charge is 2.30. The lowest BCUT2D eigenvalue weighted by Gasteiger charge is -2.33. The van der Waals surface area contributed by atoms with Crippen LogP contribution in [0.3, 0.4) is 0 Å². The molecule has 138 valence electrons. The molecular formula is C21H22N4O2. The molecule has 1 atom stereocenters. The second-order valence-electron chi connectivity index (χ2n) is 6.80. The van der Waals surface area contributed by atoms with Crippen molar-refractivity contribution >= 4 is 5.91 Å². The summed E-state index contributed by atoms with van der Waals surface area (Å²) in [4.78, 5) is 19.4. The van der Waals surface area contributed by atoms with Crippen LogP contribution >= 0.6 is 0 Å². The zero-order chi connectivity index (χ0) is 18.8. The van der Waals surface area contributed by atoms with Gasteiger partial charge in [-0.2, -0.15) is 5.10 Å². The molecule has 0 radical (unpaired) electrons. The molecule has 0 saturated carbocycles. The molecule has 1 aliphatic rings. The minimum atomic E-state index is -0.118. The normalized spacial score (nSPS) is 16.2. The van der Waals surface area contributed by atoms with E-state index in [1.165, 1.54) is 0 Å². The second-order valence-corrected chi connectivity index (χ2v) is 6.80. The summed E-state index contributed by atoms with van der Waals surface area (Å²) in [5.41, 5.74) is 2.77. The third-order valence-corrected chi connectivity index (χ3v) is 5.01. The Bertz CT molecular complexity index is 935. The summed E-state index contributed by atoms with van der Waals surface area (Å²) < 4.78 is 1.91. The Kier molecular flexibility index (Phi) is 4.73. The monoisotopic (exact) mass is 362 g/mol. The SMILES string of the molecule is C[C@H]1c2nc(-c3ccccc3)nn2CCN1C(=O)Cc1ccc(CO)cc1. The van der Waals surface area contributed by atoms with E-state index in [-0.39, 0.29) is 18.6 Å². The van der Waals surface area contributed by atoms with Crippen molar-refractivity contribution in [2.24, 2.45) is 0 Å². The van der Waals surface area contributed by atoms with Gasteiger partial charge in [0, 0.05) is 12.1 Å². The summed E-state index contributed by atoms with van der Waals surface area (Å²) in [7, 11) is 0. The Morgan fingerprint density at radius 3 is 2.48 bits per heavy atom. The van der Waals surface area contributed by atoms with E-state index in [4.69, 9.17) is 10.1 Å². The molecular weight excluding hydrogens is 340 g/mol. The number of amides is 1. The van der Waals surface area contributed by atoms with E-state index in [0.717, 1.165) is 22.5 Å². The van der Waals surface area contributed by atoms with Gasteiger partial charge < -0.3 is 10.0 Å². The Morgan fingerprint density at radius 2 is 1.78 bits per heavy atom. The van der Waals surface area contributed by atoms with E-state index in [1.54, 1.807) is 0 Å². The van der Waals surface area contributed by atoms with E-state index < -0.39 is 0 Å². The Morgan fingerprint density at radius 1 is 1.07 bits per heavy atom. The molecule has 1 N–H and O–H groups in total. The van der Waals surface area contributed by atoms with Crippen molar-refractivity contribution in [2.75, 3.05) is 6.54 Å². The molecule has 27 heavy (non-hydrogen) atoms. The smallest absolute Gasteiger partial charge is 0.227 e. The number of rotatable bonds is 4. The number of hydrogen-bond acceptors (Lipinski definition) is 4. The first-order chi connectivity index (χ1) is 13.2. The number of benzene rings is 2. The summed E-state index contributed by atoms with van der Waals surface area (Å²) in [5, 5.41) is 13.7. The highest BCUT2D eigenvalue weighted by molar-refractivity contribution is 5.79. The first-order valence-corrected chi connectivity index (χ1v) is 9.14. The van der Waals surface area contributed by atoms with Gasteiger partial charge in [-0.05, 0) is 18.1 Å². The largest absolute Gasteiger partial charge is 0.392 e. The molecule has 2 heterocycles. The number of aromatic nitrogens is 3. The van der Waals surface area contributed by atoms with Gasteiger partial charge in [-0.15, -0.1) is 0 Å². The molecule has 1 amide bonds. The van der Waals surface area contributed by atoms with E-state index in [9.17, 15) is 4.79 Å². The molecule has 6 heteroatoms. The van der Waals surface area contributed by atoms with Crippen LogP contribution in [-0.2, 0) is 24.4 Å². The van der Waals surface area contributed by atoms with Crippen LogP contribution in [0.4, 0.5) is 0 Å². The van der Waals surface area contributed by atoms with Crippen LogP contribution in [0.25, 0.3) is 11.4 Å². The zero-order valence-electron chi connectivity index (χ0n) is 15.2. The molecule has 1 aromatic heterocycles. The lowest BCUT2D eigenvalue weighted by Crippen LogP contribution is -2.42. The second kappa shape index (κ2) is 7.32. The molecule has 2 aromatic carbocycles. The summed E-state index contributed by atoms with van der Waals surface area (Å²) in [6.07, 6.45) is 0.343. The Balaban J connectivity index is 1.51. The van der Waals surface area contributed by atoms with E-state index >= 15 is 0 Å². The van der Waals surface area contributed by atoms with Crippen LogP contribution in [0.1, 0.15) is 29.9 Å². The number of carbonyl (C=O) groups is 1. The fourth-order valence-electron chi connectivity index (χ4n) is 3.45. The molecule has 0 bridgehead atoms. The molecule has 3 aromatic rings. The lowest BCUT2D eigenvalue weighted by molar-refractivity contribution is -0.133. The van der Waals surface area contributed by atoms with Crippen molar-refractivity contribution in [1.82, 2.24) is 19.7 Å². The number of aliphatic hydroxyl groups is 1. The average Bonchev–Trinajstić information content (AvgIpc) is 3.15. The molecule has 0 aliphatic carbocycles. The summed E-state index contributed by atoms with van der Waals surface area (Å²) in [6, 6.07) is 17.3. The maximum atomic E-state index is 12.8. The van der Waals surface area contributed by atoms with Gasteiger partial charge in [0.2, 0.25) is 5.91 Å². The van der Waals surface area contributed by atoms with Crippen molar-refractivity contribution in [3.8, 4) is 11.4 Å². The van der Waals surface area contributed by atoms with Crippen LogP contribution in [0.5, 0.6) is 0 Å². The van der Waals surface area contributed by atoms with Gasteiger partial charge in [0.15, 0.2) is 5.82 Å². The molecule has 0 unspecified atom stereocenters. The topological polar surface area (TPSA) is 71.2 Å². The van der Waals surface area contributed by atoms with Crippen LogP contribution in [-0.4, -0.2) is 37.2 Å². The van der Waals surface area contributed by atoms with Crippen molar-refractivity contribution < 1.29 is 9.90 Å². The quantitative estimate of drug-likeness (QED) is 0.774. The molecule has 4 rings (SSSR count). The van der Waals surface area contributed by atoms with Crippen molar-refractivity contribution in [2.45, 2.75) is 32.5 Å². The number of nitrogens with zero attached hydrogens (tertiary/aromatic N) is 4. The highest BCUT2D eigenvalue weighted by Crippen LogP contribution is 2.26. The molecule has 0 spiro atoms. The summed E-state index contributed by atoms with van der Waals surface area (Å²) in [5.74, 6) is 1.60. The fourth-order valence-corrected chi connectivity index (χ4v) is 3.45.